The largest absolute Gasteiger partial charge is 0.323 e. The van der Waals surface area contributed by atoms with Crippen molar-refractivity contribution in [2.45, 2.75) is 37.6 Å². The number of hydrogen-bond acceptors (Lipinski definition) is 2. The lowest BCUT2D eigenvalue weighted by Crippen LogP contribution is -2.26. The van der Waals surface area contributed by atoms with E-state index < -0.39 is 0 Å². The number of amides is 1. The Hall–Kier alpha value is -1.91. The molecule has 26 heavy (non-hydrogen) atoms. The van der Waals surface area contributed by atoms with Gasteiger partial charge in [-0.05, 0) is 60.5 Å². The summed E-state index contributed by atoms with van der Waals surface area (Å²) in [5.74, 6) is -0.327. The number of fused-ring (bicyclic) bond motifs is 3. The quantitative estimate of drug-likeness (QED) is 0.843. The van der Waals surface area contributed by atoms with E-state index in [-0.39, 0.29) is 35.5 Å². The highest BCUT2D eigenvalue weighted by molar-refractivity contribution is 5.96. The first-order valence-electron chi connectivity index (χ1n) is 9.09. The summed E-state index contributed by atoms with van der Waals surface area (Å²) in [5, 5.41) is 6.11. The predicted octanol–water partition coefficient (Wildman–Crippen LogP) is 3.74. The normalized spacial score (nSPS) is 25.2. The summed E-state index contributed by atoms with van der Waals surface area (Å²) in [7, 11) is 0. The molecule has 1 spiro atoms. The minimum Gasteiger partial charge on any atom is -0.323 e. The second kappa shape index (κ2) is 6.36. The summed E-state index contributed by atoms with van der Waals surface area (Å²) < 4.78 is 14.8. The van der Waals surface area contributed by atoms with Crippen molar-refractivity contribution in [3.05, 3.63) is 64.5 Å². The van der Waals surface area contributed by atoms with Crippen LogP contribution in [0.15, 0.2) is 36.4 Å². The van der Waals surface area contributed by atoms with Crippen molar-refractivity contribution in [1.82, 2.24) is 5.32 Å². The van der Waals surface area contributed by atoms with Crippen molar-refractivity contribution in [3.63, 3.8) is 0 Å². The van der Waals surface area contributed by atoms with Gasteiger partial charge in [0.05, 0.1) is 5.69 Å². The smallest absolute Gasteiger partial charge is 0.228 e. The van der Waals surface area contributed by atoms with Gasteiger partial charge in [0.1, 0.15) is 5.82 Å². The molecule has 136 valence electrons. The van der Waals surface area contributed by atoms with Crippen LogP contribution in [0.3, 0.4) is 0 Å². The van der Waals surface area contributed by atoms with E-state index >= 15 is 0 Å². The zero-order chi connectivity index (χ0) is 17.0. The van der Waals surface area contributed by atoms with E-state index in [1.165, 1.54) is 11.1 Å². The maximum absolute atomic E-state index is 14.8. The van der Waals surface area contributed by atoms with Gasteiger partial charge in [-0.1, -0.05) is 30.3 Å². The topological polar surface area (TPSA) is 41.1 Å². The van der Waals surface area contributed by atoms with Gasteiger partial charge in [-0.3, -0.25) is 4.79 Å². The highest BCUT2D eigenvalue weighted by Crippen LogP contribution is 2.61. The molecule has 0 saturated heterocycles. The zero-order valence-corrected chi connectivity index (χ0v) is 15.3. The number of halogens is 2. The van der Waals surface area contributed by atoms with E-state index in [2.05, 4.69) is 34.9 Å². The lowest BCUT2D eigenvalue weighted by Gasteiger charge is -2.19. The van der Waals surface area contributed by atoms with E-state index in [9.17, 15) is 9.18 Å². The summed E-state index contributed by atoms with van der Waals surface area (Å²) in [6.45, 7) is 1.48. The van der Waals surface area contributed by atoms with Crippen molar-refractivity contribution in [3.8, 4) is 0 Å². The molecule has 5 heteroatoms. The lowest BCUT2D eigenvalue weighted by molar-refractivity contribution is -0.117. The first-order chi connectivity index (χ1) is 12.2. The average Bonchev–Trinajstić information content (AvgIpc) is 3.27. The molecule has 3 nitrogen and oxygen atoms in total. The number of aryl methyl sites for hydroxylation is 1. The minimum absolute atomic E-state index is 0. The van der Waals surface area contributed by atoms with Crippen LogP contribution in [0.25, 0.3) is 0 Å². The van der Waals surface area contributed by atoms with Crippen LogP contribution in [0.5, 0.6) is 0 Å². The van der Waals surface area contributed by atoms with Crippen molar-refractivity contribution < 1.29 is 9.18 Å². The monoisotopic (exact) mass is 372 g/mol. The van der Waals surface area contributed by atoms with Crippen LogP contribution < -0.4 is 10.6 Å². The van der Waals surface area contributed by atoms with Crippen molar-refractivity contribution in [2.75, 3.05) is 11.9 Å². The van der Waals surface area contributed by atoms with Gasteiger partial charge < -0.3 is 10.6 Å². The Labute approximate surface area is 158 Å². The third kappa shape index (κ3) is 2.55. The molecule has 2 aromatic rings. The first-order valence-corrected chi connectivity index (χ1v) is 9.09. The molecule has 1 heterocycles. The van der Waals surface area contributed by atoms with Gasteiger partial charge in [-0.15, -0.1) is 12.4 Å². The summed E-state index contributed by atoms with van der Waals surface area (Å²) in [5.41, 5.74) is 4.76. The maximum atomic E-state index is 14.8. The summed E-state index contributed by atoms with van der Waals surface area (Å²) >= 11 is 0. The Balaban J connectivity index is 0.00000168. The maximum Gasteiger partial charge on any atom is 0.228 e. The molecule has 1 fully saturated rings. The average molecular weight is 373 g/mol. The second-order valence-corrected chi connectivity index (χ2v) is 7.55. The van der Waals surface area contributed by atoms with Crippen LogP contribution in [-0.4, -0.2) is 12.5 Å². The van der Waals surface area contributed by atoms with Crippen LogP contribution in [0.1, 0.15) is 35.1 Å². The molecule has 3 aliphatic rings. The third-order valence-electron chi connectivity index (χ3n) is 6.25. The van der Waals surface area contributed by atoms with Crippen LogP contribution in [0, 0.1) is 11.7 Å². The van der Waals surface area contributed by atoms with Crippen LogP contribution in [0.2, 0.25) is 0 Å². The number of hydrogen-bond donors (Lipinski definition) is 2. The molecule has 0 radical (unpaired) electrons. The highest BCUT2D eigenvalue weighted by Gasteiger charge is 2.61. The molecule has 1 saturated carbocycles. The fraction of sp³-hybridized carbons (Fsp3) is 0.381. The number of carbonyl (C=O) groups is 1. The van der Waals surface area contributed by atoms with Crippen molar-refractivity contribution in [1.29, 1.82) is 0 Å². The van der Waals surface area contributed by atoms with E-state index in [0.29, 0.717) is 18.7 Å². The lowest BCUT2D eigenvalue weighted by atomic mass is 9.95. The molecule has 1 amide bonds. The Kier molecular flexibility index (Phi) is 4.28. The van der Waals surface area contributed by atoms with Gasteiger partial charge >= 0.3 is 0 Å². The molecular formula is C21H22ClFN2O. The van der Waals surface area contributed by atoms with Crippen LogP contribution in [-0.2, 0) is 29.6 Å². The fourth-order valence-corrected chi connectivity index (χ4v) is 4.79. The zero-order valence-electron chi connectivity index (χ0n) is 14.5. The van der Waals surface area contributed by atoms with Gasteiger partial charge in [0.25, 0.3) is 0 Å². The molecule has 0 bridgehead atoms. The number of anilines is 1. The van der Waals surface area contributed by atoms with E-state index in [0.717, 1.165) is 36.9 Å². The predicted molar refractivity (Wildman–Crippen MR) is 102 cm³/mol. The van der Waals surface area contributed by atoms with E-state index in [4.69, 9.17) is 0 Å². The van der Waals surface area contributed by atoms with Gasteiger partial charge in [-0.25, -0.2) is 4.39 Å². The van der Waals surface area contributed by atoms with Gasteiger partial charge in [0, 0.05) is 17.9 Å². The molecular weight excluding hydrogens is 351 g/mol. The molecule has 2 aromatic carbocycles. The minimum atomic E-state index is -0.256. The number of benzene rings is 2. The van der Waals surface area contributed by atoms with Crippen LogP contribution >= 0.6 is 12.4 Å². The molecule has 5 rings (SSSR count). The second-order valence-electron chi connectivity index (χ2n) is 7.55. The Morgan fingerprint density at radius 3 is 2.88 bits per heavy atom. The molecule has 2 aliphatic carbocycles. The molecule has 2 N–H and O–H groups in total. The van der Waals surface area contributed by atoms with Crippen molar-refractivity contribution >= 4 is 24.0 Å². The third-order valence-corrected chi connectivity index (χ3v) is 6.25. The van der Waals surface area contributed by atoms with E-state index in [1.807, 2.05) is 6.07 Å². The molecule has 2 unspecified atom stereocenters. The highest BCUT2D eigenvalue weighted by atomic mass is 35.5. The van der Waals surface area contributed by atoms with Crippen LogP contribution in [0.4, 0.5) is 10.1 Å². The molecule has 0 aromatic heterocycles. The summed E-state index contributed by atoms with van der Waals surface area (Å²) in [6.07, 6.45) is 3.63. The standard InChI is InChI=1S/C21H21FN2O.ClH/c22-19-15-8-10-23-12-14(15)5-6-18(19)24-20(25)17-11-21(17)9-7-13-3-1-2-4-16(13)21;/h1-6,17,23H,7-12H2,(H,24,25);1H. The Morgan fingerprint density at radius 2 is 2.00 bits per heavy atom. The summed E-state index contributed by atoms with van der Waals surface area (Å²) in [6, 6.07) is 12.1. The molecule has 1 aliphatic heterocycles. The van der Waals surface area contributed by atoms with Gasteiger partial charge in [0.15, 0.2) is 0 Å². The summed E-state index contributed by atoms with van der Waals surface area (Å²) in [4.78, 5) is 12.8. The Morgan fingerprint density at radius 1 is 1.15 bits per heavy atom. The number of rotatable bonds is 2. The van der Waals surface area contributed by atoms with Gasteiger partial charge in [-0.2, -0.15) is 0 Å². The van der Waals surface area contributed by atoms with Gasteiger partial charge in [0.2, 0.25) is 5.91 Å². The SMILES string of the molecule is Cl.O=C(Nc1ccc2c(c1F)CCNC2)C1CC12CCc1ccccc12. The first kappa shape index (κ1) is 17.5. The molecule has 2 atom stereocenters. The number of carbonyl (C=O) groups excluding carboxylic acids is 1. The Bertz CT molecular complexity index is 884. The fourth-order valence-electron chi connectivity index (χ4n) is 4.79. The number of nitrogens with one attached hydrogen (secondary N) is 2. The van der Waals surface area contributed by atoms with E-state index in [1.54, 1.807) is 6.07 Å². The van der Waals surface area contributed by atoms with Crippen molar-refractivity contribution in [2.24, 2.45) is 5.92 Å².